The third-order valence-corrected chi connectivity index (χ3v) is 7.39. The summed E-state index contributed by atoms with van der Waals surface area (Å²) in [5.74, 6) is 0. The number of aromatic nitrogens is 1. The zero-order valence-electron chi connectivity index (χ0n) is 17.7. The Morgan fingerprint density at radius 1 is 0.788 bits per heavy atom. The van der Waals surface area contributed by atoms with Crippen molar-refractivity contribution in [1.82, 2.24) is 4.98 Å². The van der Waals surface area contributed by atoms with Crippen LogP contribution in [0.5, 0.6) is 0 Å². The molecular formula is C28H20BrN3S. The molecule has 1 aliphatic heterocycles. The average molecular weight is 510 g/mol. The van der Waals surface area contributed by atoms with Crippen LogP contribution < -0.4 is 5.01 Å². The van der Waals surface area contributed by atoms with Crippen LogP contribution in [0, 0.1) is 0 Å². The predicted molar refractivity (Wildman–Crippen MR) is 142 cm³/mol. The van der Waals surface area contributed by atoms with Gasteiger partial charge in [-0.25, -0.2) is 9.99 Å². The lowest BCUT2D eigenvalue weighted by Crippen LogP contribution is -2.18. The van der Waals surface area contributed by atoms with E-state index >= 15 is 0 Å². The number of anilines is 1. The van der Waals surface area contributed by atoms with E-state index in [4.69, 9.17) is 10.1 Å². The molecule has 0 N–H and O–H groups in total. The van der Waals surface area contributed by atoms with Gasteiger partial charge in [-0.05, 0) is 34.0 Å². The Bertz CT molecular complexity index is 1450. The molecule has 0 saturated heterocycles. The van der Waals surface area contributed by atoms with Gasteiger partial charge < -0.3 is 0 Å². The van der Waals surface area contributed by atoms with E-state index in [1.165, 1.54) is 16.3 Å². The Kier molecular flexibility index (Phi) is 5.29. The van der Waals surface area contributed by atoms with Crippen LogP contribution in [-0.2, 0) is 0 Å². The third-order valence-electron chi connectivity index (χ3n) is 6.03. The highest BCUT2D eigenvalue weighted by Gasteiger charge is 2.32. The van der Waals surface area contributed by atoms with Gasteiger partial charge >= 0.3 is 0 Å². The lowest BCUT2D eigenvalue weighted by Gasteiger charge is -2.22. The third kappa shape index (κ3) is 3.88. The number of hydrazone groups is 1. The minimum atomic E-state index is 0.0875. The van der Waals surface area contributed by atoms with E-state index in [2.05, 4.69) is 105 Å². The van der Waals surface area contributed by atoms with Crippen molar-refractivity contribution in [2.24, 2.45) is 5.10 Å². The Morgan fingerprint density at radius 3 is 2.39 bits per heavy atom. The second-order valence-electron chi connectivity index (χ2n) is 8.07. The second kappa shape index (κ2) is 8.58. The molecule has 2 heterocycles. The van der Waals surface area contributed by atoms with Crippen LogP contribution in [0.4, 0.5) is 5.13 Å². The van der Waals surface area contributed by atoms with Gasteiger partial charge in [0.25, 0.3) is 0 Å². The summed E-state index contributed by atoms with van der Waals surface area (Å²) in [4.78, 5) is 4.99. The first-order chi connectivity index (χ1) is 16.3. The highest BCUT2D eigenvalue weighted by molar-refractivity contribution is 9.10. The van der Waals surface area contributed by atoms with Crippen LogP contribution >= 0.6 is 27.3 Å². The summed E-state index contributed by atoms with van der Waals surface area (Å²) < 4.78 is 1.07. The van der Waals surface area contributed by atoms with Crippen molar-refractivity contribution < 1.29 is 0 Å². The van der Waals surface area contributed by atoms with Gasteiger partial charge in [-0.2, -0.15) is 5.10 Å². The molecule has 160 valence electrons. The molecule has 0 radical (unpaired) electrons. The molecule has 1 aliphatic rings. The summed E-state index contributed by atoms with van der Waals surface area (Å²) in [5, 5.41) is 12.8. The normalized spacial score (nSPS) is 15.7. The topological polar surface area (TPSA) is 28.5 Å². The van der Waals surface area contributed by atoms with Crippen LogP contribution in [0.1, 0.15) is 23.6 Å². The first-order valence-electron chi connectivity index (χ1n) is 10.9. The lowest BCUT2D eigenvalue weighted by atomic mass is 9.94. The van der Waals surface area contributed by atoms with Gasteiger partial charge in [-0.1, -0.05) is 101 Å². The number of halogens is 1. The smallest absolute Gasteiger partial charge is 0.207 e. The fourth-order valence-corrected chi connectivity index (χ4v) is 5.50. The monoisotopic (exact) mass is 509 g/mol. The number of hydrogen-bond donors (Lipinski definition) is 0. The second-order valence-corrected chi connectivity index (χ2v) is 9.82. The molecule has 0 amide bonds. The van der Waals surface area contributed by atoms with Crippen molar-refractivity contribution >= 4 is 48.9 Å². The number of fused-ring (bicyclic) bond motifs is 1. The first-order valence-corrected chi connectivity index (χ1v) is 12.5. The number of thiazole rings is 1. The molecule has 5 heteroatoms. The van der Waals surface area contributed by atoms with Gasteiger partial charge in [0, 0.05) is 21.8 Å². The minimum absolute atomic E-state index is 0.0875. The van der Waals surface area contributed by atoms with Crippen molar-refractivity contribution in [3.8, 4) is 11.3 Å². The molecule has 0 spiro atoms. The molecule has 6 rings (SSSR count). The summed E-state index contributed by atoms with van der Waals surface area (Å²) >= 11 is 5.19. The summed E-state index contributed by atoms with van der Waals surface area (Å²) in [7, 11) is 0. The molecule has 4 aromatic carbocycles. The van der Waals surface area contributed by atoms with E-state index in [1.54, 1.807) is 11.3 Å². The van der Waals surface area contributed by atoms with Gasteiger partial charge in [0.05, 0.1) is 17.4 Å². The average Bonchev–Trinajstić information content (AvgIpc) is 3.53. The zero-order valence-corrected chi connectivity index (χ0v) is 20.1. The highest BCUT2D eigenvalue weighted by Crippen LogP contribution is 2.41. The Morgan fingerprint density at radius 2 is 1.55 bits per heavy atom. The van der Waals surface area contributed by atoms with E-state index in [1.807, 2.05) is 18.2 Å². The van der Waals surface area contributed by atoms with Gasteiger partial charge in [-0.15, -0.1) is 11.3 Å². The highest BCUT2D eigenvalue weighted by atomic mass is 79.9. The molecule has 1 atom stereocenters. The largest absolute Gasteiger partial charge is 0.231 e. The number of hydrogen-bond acceptors (Lipinski definition) is 4. The van der Waals surface area contributed by atoms with Gasteiger partial charge in [0.1, 0.15) is 0 Å². The van der Waals surface area contributed by atoms with Crippen LogP contribution in [0.3, 0.4) is 0 Å². The van der Waals surface area contributed by atoms with Gasteiger partial charge in [0.15, 0.2) is 0 Å². The number of benzene rings is 4. The predicted octanol–water partition coefficient (Wildman–Crippen LogP) is 8.08. The standard InChI is InChI=1S/C28H20BrN3S/c29-22-15-13-21(14-16-22)25-17-27(24-12-6-10-19-7-4-5-11-23(19)24)32(31-25)28-30-26(18-33-28)20-8-2-1-3-9-20/h1-16,18,27H,17H2. The maximum Gasteiger partial charge on any atom is 0.207 e. The van der Waals surface area contributed by atoms with E-state index < -0.39 is 0 Å². The summed E-state index contributed by atoms with van der Waals surface area (Å²) in [6, 6.07) is 33.9. The Balaban J connectivity index is 1.45. The van der Waals surface area contributed by atoms with Crippen LogP contribution in [-0.4, -0.2) is 10.7 Å². The van der Waals surface area contributed by atoms with Crippen molar-refractivity contribution in [3.63, 3.8) is 0 Å². The maximum absolute atomic E-state index is 5.11. The van der Waals surface area contributed by atoms with E-state index in [-0.39, 0.29) is 6.04 Å². The Labute approximate surface area is 205 Å². The van der Waals surface area contributed by atoms with E-state index in [0.717, 1.165) is 38.6 Å². The number of rotatable bonds is 4. The Hall–Kier alpha value is -3.28. The van der Waals surface area contributed by atoms with Crippen LogP contribution in [0.25, 0.3) is 22.0 Å². The molecule has 0 aliphatic carbocycles. The SMILES string of the molecule is Brc1ccc(C2=NN(c3nc(-c4ccccc4)cs3)C(c3cccc4ccccc34)C2)cc1. The molecule has 1 unspecified atom stereocenters. The molecule has 0 bridgehead atoms. The summed E-state index contributed by atoms with van der Waals surface area (Å²) in [6.45, 7) is 0. The lowest BCUT2D eigenvalue weighted by molar-refractivity contribution is 0.712. The van der Waals surface area contributed by atoms with Crippen LogP contribution in [0.15, 0.2) is 112 Å². The van der Waals surface area contributed by atoms with Crippen molar-refractivity contribution in [1.29, 1.82) is 0 Å². The maximum atomic E-state index is 5.11. The van der Waals surface area contributed by atoms with E-state index in [0.29, 0.717) is 0 Å². The summed E-state index contributed by atoms with van der Waals surface area (Å²) in [5.41, 5.74) is 5.61. The fourth-order valence-electron chi connectivity index (χ4n) is 4.40. The molecule has 33 heavy (non-hydrogen) atoms. The molecule has 5 aromatic rings. The van der Waals surface area contributed by atoms with Gasteiger partial charge in [-0.3, -0.25) is 0 Å². The summed E-state index contributed by atoms with van der Waals surface area (Å²) in [6.07, 6.45) is 0.829. The molecule has 0 saturated carbocycles. The number of nitrogens with zero attached hydrogens (tertiary/aromatic N) is 3. The molecule has 1 aromatic heterocycles. The van der Waals surface area contributed by atoms with E-state index in [9.17, 15) is 0 Å². The van der Waals surface area contributed by atoms with Crippen molar-refractivity contribution in [2.75, 3.05) is 5.01 Å². The molecular weight excluding hydrogens is 490 g/mol. The van der Waals surface area contributed by atoms with Crippen molar-refractivity contribution in [3.05, 3.63) is 118 Å². The van der Waals surface area contributed by atoms with Crippen LogP contribution in [0.2, 0.25) is 0 Å². The zero-order chi connectivity index (χ0) is 22.2. The molecule has 3 nitrogen and oxygen atoms in total. The molecule has 0 fully saturated rings. The first kappa shape index (κ1) is 20.3. The minimum Gasteiger partial charge on any atom is -0.231 e. The van der Waals surface area contributed by atoms with Crippen molar-refractivity contribution in [2.45, 2.75) is 12.5 Å². The fraction of sp³-hybridized carbons (Fsp3) is 0.0714. The quantitative estimate of drug-likeness (QED) is 0.245. The van der Waals surface area contributed by atoms with Gasteiger partial charge in [0.2, 0.25) is 5.13 Å².